The summed E-state index contributed by atoms with van der Waals surface area (Å²) in [6.45, 7) is 2.28. The van der Waals surface area contributed by atoms with Crippen LogP contribution in [0, 0.1) is 0 Å². The second-order valence-electron chi connectivity index (χ2n) is 9.44. The Hall–Kier alpha value is -4.03. The third kappa shape index (κ3) is 5.30. The summed E-state index contributed by atoms with van der Waals surface area (Å²) in [5.74, 6) is 1.16. The van der Waals surface area contributed by atoms with E-state index < -0.39 is 9.84 Å². The van der Waals surface area contributed by atoms with Crippen LogP contribution in [0.4, 0.5) is 5.82 Å². The van der Waals surface area contributed by atoms with Crippen LogP contribution in [0.5, 0.6) is 0 Å². The van der Waals surface area contributed by atoms with Gasteiger partial charge in [0.05, 0.1) is 22.8 Å². The largest absolute Gasteiger partial charge is 0.354 e. The monoisotopic (exact) mass is 564 g/mol. The highest BCUT2D eigenvalue weighted by molar-refractivity contribution is 7.91. The number of carbonyl (C=O) groups is 1. The normalized spacial score (nSPS) is 14.4. The highest BCUT2D eigenvalue weighted by Crippen LogP contribution is 2.24. The second-order valence-corrected chi connectivity index (χ2v) is 12.0. The van der Waals surface area contributed by atoms with Crippen molar-refractivity contribution >= 4 is 49.6 Å². The number of halogens is 1. The molecule has 3 aromatic heterocycles. The second kappa shape index (κ2) is 10.3. The molecular formula is C26H25ClN8O3S. The first kappa shape index (κ1) is 25.3. The Morgan fingerprint density at radius 3 is 2.59 bits per heavy atom. The predicted octanol–water partition coefficient (Wildman–Crippen LogP) is 2.76. The summed E-state index contributed by atoms with van der Waals surface area (Å²) >= 11 is 6.03. The van der Waals surface area contributed by atoms with Crippen LogP contribution in [0.3, 0.4) is 0 Å². The molecule has 0 aliphatic carbocycles. The van der Waals surface area contributed by atoms with E-state index in [9.17, 15) is 13.2 Å². The van der Waals surface area contributed by atoms with Gasteiger partial charge in [0, 0.05) is 43.8 Å². The molecule has 1 aliphatic heterocycles. The molecule has 1 amide bonds. The van der Waals surface area contributed by atoms with E-state index >= 15 is 0 Å². The van der Waals surface area contributed by atoms with E-state index in [1.165, 1.54) is 0 Å². The van der Waals surface area contributed by atoms with E-state index in [0.29, 0.717) is 43.4 Å². The van der Waals surface area contributed by atoms with Crippen LogP contribution in [0.25, 0.3) is 16.4 Å². The number of sulfone groups is 1. The zero-order valence-corrected chi connectivity index (χ0v) is 22.4. The smallest absolute Gasteiger partial charge is 0.223 e. The number of fused-ring (bicyclic) bond motifs is 2. The number of carbonyl (C=O) groups excluding carboxylic acids is 1. The number of amides is 1. The summed E-state index contributed by atoms with van der Waals surface area (Å²) in [6.07, 6.45) is 2.37. The molecule has 39 heavy (non-hydrogen) atoms. The first-order valence-electron chi connectivity index (χ1n) is 12.5. The van der Waals surface area contributed by atoms with E-state index in [1.54, 1.807) is 41.3 Å². The molecule has 200 valence electrons. The number of nitrogens with zero attached hydrogens (tertiary/aromatic N) is 7. The van der Waals surface area contributed by atoms with E-state index in [0.717, 1.165) is 27.9 Å². The number of nitrogens with one attached hydrogen (secondary N) is 1. The van der Waals surface area contributed by atoms with Gasteiger partial charge in [0.2, 0.25) is 5.91 Å². The molecule has 4 heterocycles. The summed E-state index contributed by atoms with van der Waals surface area (Å²) in [5.41, 5.74) is 1.64. The minimum Gasteiger partial charge on any atom is -0.354 e. The van der Waals surface area contributed by atoms with Crippen LogP contribution in [-0.4, -0.2) is 81.2 Å². The average molecular weight is 565 g/mol. The number of benzene rings is 2. The lowest BCUT2D eigenvalue weighted by Crippen LogP contribution is -2.49. The van der Waals surface area contributed by atoms with Crippen LogP contribution < -0.4 is 4.90 Å². The standard InChI is InChI=1S/C26H25ClN8O3S/c27-20-6-4-19-15-22(7-5-18(19)14-20)39(37,38)13-8-26(36)34-11-9-33(10-12-34)25-3-1-2-24-28-21(17-35(24)25)16-23-29-31-32-30-23/h1-7,14-15,17H,8-13,16H2,(H,29,30,31,32). The van der Waals surface area contributed by atoms with Crippen LogP contribution in [0.1, 0.15) is 17.9 Å². The highest BCUT2D eigenvalue weighted by Gasteiger charge is 2.25. The molecule has 0 bridgehead atoms. The summed E-state index contributed by atoms with van der Waals surface area (Å²) in [6, 6.07) is 16.2. The first-order chi connectivity index (χ1) is 18.9. The Balaban J connectivity index is 1.08. The van der Waals surface area contributed by atoms with Crippen LogP contribution in [0.2, 0.25) is 5.02 Å². The van der Waals surface area contributed by atoms with Crippen molar-refractivity contribution in [1.29, 1.82) is 0 Å². The van der Waals surface area contributed by atoms with Gasteiger partial charge in [-0.05, 0) is 47.2 Å². The average Bonchev–Trinajstić information content (AvgIpc) is 3.61. The maximum atomic E-state index is 13.0. The Kier molecular flexibility index (Phi) is 6.65. The van der Waals surface area contributed by atoms with Crippen molar-refractivity contribution in [2.24, 2.45) is 0 Å². The molecule has 1 N–H and O–H groups in total. The minimum atomic E-state index is -3.61. The number of piperazine rings is 1. The van der Waals surface area contributed by atoms with Gasteiger partial charge in [-0.15, -0.1) is 10.2 Å². The number of pyridine rings is 1. The van der Waals surface area contributed by atoms with Crippen molar-refractivity contribution in [1.82, 2.24) is 34.9 Å². The summed E-state index contributed by atoms with van der Waals surface area (Å²) in [7, 11) is -3.61. The summed E-state index contributed by atoms with van der Waals surface area (Å²) < 4.78 is 28.0. The van der Waals surface area contributed by atoms with Crippen molar-refractivity contribution in [3.63, 3.8) is 0 Å². The molecule has 2 aromatic carbocycles. The van der Waals surface area contributed by atoms with E-state index in [4.69, 9.17) is 11.6 Å². The Morgan fingerprint density at radius 2 is 1.79 bits per heavy atom. The lowest BCUT2D eigenvalue weighted by atomic mass is 10.1. The van der Waals surface area contributed by atoms with Crippen molar-refractivity contribution in [3.05, 3.63) is 77.3 Å². The fourth-order valence-electron chi connectivity index (χ4n) is 4.88. The van der Waals surface area contributed by atoms with E-state index in [2.05, 4.69) is 30.5 Å². The quantitative estimate of drug-likeness (QED) is 0.319. The van der Waals surface area contributed by atoms with Crippen molar-refractivity contribution < 1.29 is 13.2 Å². The first-order valence-corrected chi connectivity index (χ1v) is 14.5. The maximum absolute atomic E-state index is 13.0. The van der Waals surface area contributed by atoms with Crippen LogP contribution >= 0.6 is 11.6 Å². The SMILES string of the molecule is O=C(CCS(=O)(=O)c1ccc2cc(Cl)ccc2c1)N1CCN(c2cccc3nc(Cc4nn[nH]n4)cn23)CC1. The third-order valence-corrected chi connectivity index (χ3v) is 8.87. The number of imidazole rings is 1. The Morgan fingerprint density at radius 1 is 1.00 bits per heavy atom. The number of hydrogen-bond donors (Lipinski definition) is 1. The zero-order chi connectivity index (χ0) is 27.0. The molecule has 5 aromatic rings. The molecule has 0 radical (unpaired) electrons. The number of anilines is 1. The third-order valence-electron chi connectivity index (χ3n) is 6.92. The van der Waals surface area contributed by atoms with Crippen molar-refractivity contribution in [2.45, 2.75) is 17.7 Å². The van der Waals surface area contributed by atoms with Gasteiger partial charge in [-0.3, -0.25) is 9.20 Å². The molecule has 6 rings (SSSR count). The highest BCUT2D eigenvalue weighted by atomic mass is 35.5. The number of rotatable bonds is 7. The summed E-state index contributed by atoms with van der Waals surface area (Å²) in [4.78, 5) is 21.7. The van der Waals surface area contributed by atoms with Gasteiger partial charge in [-0.2, -0.15) is 5.21 Å². The lowest BCUT2D eigenvalue weighted by molar-refractivity contribution is -0.131. The minimum absolute atomic E-state index is 0.0580. The number of H-pyrrole nitrogens is 1. The number of aromatic amines is 1. The Labute approximate surface area is 229 Å². The Bertz CT molecular complexity index is 1760. The number of tetrazole rings is 1. The summed E-state index contributed by atoms with van der Waals surface area (Å²) in [5, 5.41) is 16.3. The number of hydrogen-bond acceptors (Lipinski definition) is 8. The van der Waals surface area contributed by atoms with Gasteiger partial charge in [-0.1, -0.05) is 35.0 Å². The topological polar surface area (TPSA) is 129 Å². The molecule has 0 unspecified atom stereocenters. The molecule has 13 heteroatoms. The fraction of sp³-hybridized carbons (Fsp3) is 0.269. The van der Waals surface area contributed by atoms with E-state index in [-0.39, 0.29) is 23.0 Å². The molecular weight excluding hydrogens is 540 g/mol. The van der Waals surface area contributed by atoms with Gasteiger partial charge in [0.15, 0.2) is 15.7 Å². The van der Waals surface area contributed by atoms with Gasteiger partial charge in [-0.25, -0.2) is 13.4 Å². The molecule has 11 nitrogen and oxygen atoms in total. The number of aromatic nitrogens is 6. The lowest BCUT2D eigenvalue weighted by Gasteiger charge is -2.36. The van der Waals surface area contributed by atoms with Crippen molar-refractivity contribution in [2.75, 3.05) is 36.8 Å². The molecule has 1 aliphatic rings. The molecule has 1 saturated heterocycles. The fourth-order valence-corrected chi connectivity index (χ4v) is 6.32. The molecule has 0 spiro atoms. The van der Waals surface area contributed by atoms with Gasteiger partial charge in [0.25, 0.3) is 0 Å². The predicted molar refractivity (Wildman–Crippen MR) is 147 cm³/mol. The molecule has 1 fully saturated rings. The van der Waals surface area contributed by atoms with Gasteiger partial charge >= 0.3 is 0 Å². The molecule has 0 atom stereocenters. The molecule has 0 saturated carbocycles. The van der Waals surface area contributed by atoms with Crippen LogP contribution in [-0.2, 0) is 21.1 Å². The zero-order valence-electron chi connectivity index (χ0n) is 20.9. The maximum Gasteiger partial charge on any atom is 0.223 e. The van der Waals surface area contributed by atoms with Crippen molar-refractivity contribution in [3.8, 4) is 0 Å². The van der Waals surface area contributed by atoms with E-state index in [1.807, 2.05) is 28.8 Å². The van der Waals surface area contributed by atoms with Gasteiger partial charge in [0.1, 0.15) is 11.5 Å². The van der Waals surface area contributed by atoms with Crippen LogP contribution in [0.15, 0.2) is 65.7 Å². The van der Waals surface area contributed by atoms with Gasteiger partial charge < -0.3 is 9.80 Å².